The van der Waals surface area contributed by atoms with Crippen LogP contribution in [0.3, 0.4) is 0 Å². The minimum atomic E-state index is -3.66. The van der Waals surface area contributed by atoms with E-state index in [4.69, 9.17) is 5.73 Å². The van der Waals surface area contributed by atoms with Crippen molar-refractivity contribution >= 4 is 26.6 Å². The standard InChI is InChI=1S/C13H15N3O3S/c14-11-3-4-12(13-10(11)2-1-6-15-13)20(18,19)16-7-5-9(17)8-16/h1-4,6,9,17H,5,7-8,14H2. The number of anilines is 1. The van der Waals surface area contributed by atoms with Crippen molar-refractivity contribution < 1.29 is 13.5 Å². The number of hydrogen-bond donors (Lipinski definition) is 2. The summed E-state index contributed by atoms with van der Waals surface area (Å²) in [6.07, 6.45) is 1.40. The second kappa shape index (κ2) is 4.69. The van der Waals surface area contributed by atoms with E-state index < -0.39 is 16.1 Å². The van der Waals surface area contributed by atoms with Gasteiger partial charge in [0, 0.05) is 30.4 Å². The number of rotatable bonds is 2. The van der Waals surface area contributed by atoms with Gasteiger partial charge < -0.3 is 10.8 Å². The third kappa shape index (κ3) is 2.04. The summed E-state index contributed by atoms with van der Waals surface area (Å²) in [5, 5.41) is 10.1. The summed E-state index contributed by atoms with van der Waals surface area (Å²) in [5.41, 5.74) is 6.72. The van der Waals surface area contributed by atoms with Crippen molar-refractivity contribution in [3.05, 3.63) is 30.5 Å². The van der Waals surface area contributed by atoms with E-state index in [-0.39, 0.29) is 11.4 Å². The van der Waals surface area contributed by atoms with Crippen LogP contribution in [0.1, 0.15) is 6.42 Å². The van der Waals surface area contributed by atoms with Gasteiger partial charge in [0.2, 0.25) is 10.0 Å². The fourth-order valence-corrected chi connectivity index (χ4v) is 4.08. The highest BCUT2D eigenvalue weighted by molar-refractivity contribution is 7.89. The molecule has 1 saturated heterocycles. The minimum Gasteiger partial charge on any atom is -0.398 e. The zero-order valence-electron chi connectivity index (χ0n) is 10.7. The van der Waals surface area contributed by atoms with Crippen LogP contribution in [0.4, 0.5) is 5.69 Å². The predicted octanol–water partition coefficient (Wildman–Crippen LogP) is 0.572. The molecule has 1 unspecified atom stereocenters. The Morgan fingerprint density at radius 3 is 2.85 bits per heavy atom. The number of aliphatic hydroxyl groups is 1. The topological polar surface area (TPSA) is 96.5 Å². The van der Waals surface area contributed by atoms with Gasteiger partial charge in [-0.15, -0.1) is 0 Å². The summed E-state index contributed by atoms with van der Waals surface area (Å²) in [6, 6.07) is 6.51. The second-order valence-electron chi connectivity index (χ2n) is 4.86. The third-order valence-electron chi connectivity index (χ3n) is 3.51. The normalized spacial score (nSPS) is 20.6. The fourth-order valence-electron chi connectivity index (χ4n) is 2.44. The number of nitrogen functional groups attached to an aromatic ring is 1. The minimum absolute atomic E-state index is 0.126. The summed E-state index contributed by atoms with van der Waals surface area (Å²) in [7, 11) is -3.66. The van der Waals surface area contributed by atoms with Crippen molar-refractivity contribution in [3.8, 4) is 0 Å². The Morgan fingerprint density at radius 2 is 2.15 bits per heavy atom. The molecule has 1 aliphatic heterocycles. The summed E-state index contributed by atoms with van der Waals surface area (Å²) in [6.45, 7) is 0.448. The maximum atomic E-state index is 12.6. The lowest BCUT2D eigenvalue weighted by Gasteiger charge is -2.17. The van der Waals surface area contributed by atoms with E-state index in [9.17, 15) is 13.5 Å². The van der Waals surface area contributed by atoms with Gasteiger partial charge in [-0.3, -0.25) is 4.98 Å². The van der Waals surface area contributed by atoms with E-state index in [0.29, 0.717) is 29.6 Å². The van der Waals surface area contributed by atoms with Crippen LogP contribution in [-0.4, -0.2) is 42.0 Å². The van der Waals surface area contributed by atoms with Crippen LogP contribution < -0.4 is 5.73 Å². The molecule has 1 atom stereocenters. The predicted molar refractivity (Wildman–Crippen MR) is 75.5 cm³/mol. The van der Waals surface area contributed by atoms with E-state index in [1.807, 2.05) is 0 Å². The van der Waals surface area contributed by atoms with Gasteiger partial charge in [-0.25, -0.2) is 8.42 Å². The quantitative estimate of drug-likeness (QED) is 0.789. The molecular weight excluding hydrogens is 278 g/mol. The zero-order chi connectivity index (χ0) is 14.3. The Balaban J connectivity index is 2.17. The smallest absolute Gasteiger partial charge is 0.245 e. The van der Waals surface area contributed by atoms with E-state index in [2.05, 4.69) is 4.98 Å². The first-order valence-electron chi connectivity index (χ1n) is 6.31. The Hall–Kier alpha value is -1.70. The number of hydrogen-bond acceptors (Lipinski definition) is 5. The molecule has 1 aliphatic rings. The Labute approximate surface area is 116 Å². The molecule has 2 aromatic rings. The first-order valence-corrected chi connectivity index (χ1v) is 7.75. The molecule has 3 rings (SSSR count). The molecule has 7 heteroatoms. The highest BCUT2D eigenvalue weighted by Crippen LogP contribution is 2.29. The van der Waals surface area contributed by atoms with Crippen LogP contribution >= 0.6 is 0 Å². The first kappa shape index (κ1) is 13.3. The van der Waals surface area contributed by atoms with Crippen LogP contribution in [0.5, 0.6) is 0 Å². The number of benzene rings is 1. The fraction of sp³-hybridized carbons (Fsp3) is 0.308. The van der Waals surface area contributed by atoms with Gasteiger partial charge in [0.25, 0.3) is 0 Å². The average Bonchev–Trinajstić information content (AvgIpc) is 2.87. The summed E-state index contributed by atoms with van der Waals surface area (Å²) < 4.78 is 26.6. The van der Waals surface area contributed by atoms with Crippen molar-refractivity contribution in [3.63, 3.8) is 0 Å². The summed E-state index contributed by atoms with van der Waals surface area (Å²) in [4.78, 5) is 4.29. The number of fused-ring (bicyclic) bond motifs is 1. The van der Waals surface area contributed by atoms with Crippen molar-refractivity contribution in [2.75, 3.05) is 18.8 Å². The maximum absolute atomic E-state index is 12.6. The average molecular weight is 293 g/mol. The van der Waals surface area contributed by atoms with Gasteiger partial charge in [0.05, 0.1) is 11.6 Å². The number of β-amino-alcohol motifs (C(OH)–C–C–N with tert-alkyl or cyclic N) is 1. The lowest BCUT2D eigenvalue weighted by Crippen LogP contribution is -2.30. The molecule has 3 N–H and O–H groups in total. The maximum Gasteiger partial charge on any atom is 0.245 e. The molecule has 0 radical (unpaired) electrons. The molecule has 1 aromatic carbocycles. The SMILES string of the molecule is Nc1ccc(S(=O)(=O)N2CCC(O)C2)c2ncccc12. The molecule has 1 aromatic heterocycles. The molecule has 20 heavy (non-hydrogen) atoms. The third-order valence-corrected chi connectivity index (χ3v) is 5.41. The van der Waals surface area contributed by atoms with Crippen molar-refractivity contribution in [1.29, 1.82) is 0 Å². The van der Waals surface area contributed by atoms with Gasteiger partial charge in [0.15, 0.2) is 0 Å². The highest BCUT2D eigenvalue weighted by Gasteiger charge is 2.33. The lowest BCUT2D eigenvalue weighted by atomic mass is 10.2. The van der Waals surface area contributed by atoms with Crippen LogP contribution in [-0.2, 0) is 10.0 Å². The van der Waals surface area contributed by atoms with Gasteiger partial charge in [-0.2, -0.15) is 4.31 Å². The largest absolute Gasteiger partial charge is 0.398 e. The van der Waals surface area contributed by atoms with Crippen LogP contribution in [0, 0.1) is 0 Å². The Kier molecular flexibility index (Phi) is 3.12. The molecular formula is C13H15N3O3S. The summed E-state index contributed by atoms with van der Waals surface area (Å²) in [5.74, 6) is 0. The van der Waals surface area contributed by atoms with Crippen LogP contribution in [0.15, 0.2) is 35.4 Å². The summed E-state index contributed by atoms with van der Waals surface area (Å²) >= 11 is 0. The molecule has 1 fully saturated rings. The first-order chi connectivity index (χ1) is 9.50. The second-order valence-corrected chi connectivity index (χ2v) is 6.76. The number of pyridine rings is 1. The number of sulfonamides is 1. The Morgan fingerprint density at radius 1 is 1.35 bits per heavy atom. The van der Waals surface area contributed by atoms with Crippen LogP contribution in [0.2, 0.25) is 0 Å². The van der Waals surface area contributed by atoms with Gasteiger partial charge >= 0.3 is 0 Å². The highest BCUT2D eigenvalue weighted by atomic mass is 32.2. The number of aromatic nitrogens is 1. The number of nitrogens with zero attached hydrogens (tertiary/aromatic N) is 2. The van der Waals surface area contributed by atoms with Crippen LogP contribution in [0.25, 0.3) is 10.9 Å². The van der Waals surface area contributed by atoms with E-state index in [1.54, 1.807) is 24.4 Å². The molecule has 0 spiro atoms. The lowest BCUT2D eigenvalue weighted by molar-refractivity contribution is 0.189. The molecule has 0 saturated carbocycles. The molecule has 0 amide bonds. The van der Waals surface area contributed by atoms with Gasteiger partial charge in [0.1, 0.15) is 4.90 Å². The molecule has 2 heterocycles. The monoisotopic (exact) mass is 293 g/mol. The molecule has 106 valence electrons. The number of aliphatic hydroxyl groups excluding tert-OH is 1. The Bertz CT molecular complexity index is 761. The van der Waals surface area contributed by atoms with Crippen molar-refractivity contribution in [2.45, 2.75) is 17.4 Å². The molecule has 0 aliphatic carbocycles. The van der Waals surface area contributed by atoms with Crippen molar-refractivity contribution in [1.82, 2.24) is 9.29 Å². The van der Waals surface area contributed by atoms with Crippen molar-refractivity contribution in [2.24, 2.45) is 0 Å². The van der Waals surface area contributed by atoms with E-state index in [0.717, 1.165) is 0 Å². The van der Waals surface area contributed by atoms with Gasteiger partial charge in [-0.05, 0) is 30.7 Å². The molecule has 6 nitrogen and oxygen atoms in total. The van der Waals surface area contributed by atoms with E-state index in [1.165, 1.54) is 10.4 Å². The zero-order valence-corrected chi connectivity index (χ0v) is 11.5. The van der Waals surface area contributed by atoms with E-state index >= 15 is 0 Å². The number of nitrogens with two attached hydrogens (primary N) is 1. The van der Waals surface area contributed by atoms with Gasteiger partial charge in [-0.1, -0.05) is 0 Å². The molecule has 0 bridgehead atoms.